The number of carbonyl (C=O) groups is 1. The van der Waals surface area contributed by atoms with Gasteiger partial charge in [-0.3, -0.25) is 4.79 Å². The first-order valence-electron chi connectivity index (χ1n) is 11.6. The summed E-state index contributed by atoms with van der Waals surface area (Å²) in [5.74, 6) is 1.87. The summed E-state index contributed by atoms with van der Waals surface area (Å²) in [5.41, 5.74) is 0.706. The Labute approximate surface area is 174 Å². The van der Waals surface area contributed by atoms with Gasteiger partial charge in [0.05, 0.1) is 11.3 Å². The smallest absolute Gasteiger partial charge is 0.141 e. The highest BCUT2D eigenvalue weighted by Gasteiger charge is 2.65. The van der Waals surface area contributed by atoms with Gasteiger partial charge in [-0.25, -0.2) is 0 Å². The fourth-order valence-electron chi connectivity index (χ4n) is 7.75. The van der Waals surface area contributed by atoms with Crippen molar-refractivity contribution in [2.45, 2.75) is 83.3 Å². The van der Waals surface area contributed by atoms with Gasteiger partial charge in [0.15, 0.2) is 0 Å². The van der Waals surface area contributed by atoms with E-state index in [-0.39, 0.29) is 16.9 Å². The van der Waals surface area contributed by atoms with Crippen LogP contribution in [0.3, 0.4) is 0 Å². The number of Topliss-reactive ketones (excluding diaryl/α,β-unsaturated/α-hetero) is 1. The molecule has 5 heteroatoms. The minimum Gasteiger partial charge on any atom is -0.391 e. The highest BCUT2D eigenvalue weighted by atomic mass is 16.6. The molecule has 0 radical (unpaired) electrons. The second-order valence-electron chi connectivity index (χ2n) is 10.9. The molecule has 5 fully saturated rings. The predicted molar refractivity (Wildman–Crippen MR) is 113 cm³/mol. The van der Waals surface area contributed by atoms with Crippen molar-refractivity contribution in [1.29, 1.82) is 0 Å². The lowest BCUT2D eigenvalue weighted by molar-refractivity contribution is -0.161. The zero-order valence-electron chi connectivity index (χ0n) is 18.0. The maximum Gasteiger partial charge on any atom is 0.141 e. The molecule has 0 aromatic carbocycles. The van der Waals surface area contributed by atoms with E-state index in [0.717, 1.165) is 75.7 Å². The van der Waals surface area contributed by atoms with Crippen LogP contribution in [0.1, 0.15) is 71.6 Å². The van der Waals surface area contributed by atoms with Crippen LogP contribution in [0.5, 0.6) is 0 Å². The van der Waals surface area contributed by atoms with Gasteiger partial charge in [-0.2, -0.15) is 0 Å². The zero-order valence-corrected chi connectivity index (χ0v) is 18.0. The van der Waals surface area contributed by atoms with E-state index in [1.165, 1.54) is 0 Å². The number of hydrogen-bond donors (Lipinski definition) is 2. The lowest BCUT2D eigenvalue weighted by Crippen LogP contribution is -2.63. The molecule has 1 heterocycles. The average molecular weight is 401 g/mol. The van der Waals surface area contributed by atoms with Gasteiger partial charge in [-0.1, -0.05) is 25.6 Å². The Hall–Kier alpha value is -1.20. The van der Waals surface area contributed by atoms with E-state index < -0.39 is 5.60 Å². The van der Waals surface area contributed by atoms with Crippen molar-refractivity contribution < 1.29 is 14.7 Å². The second kappa shape index (κ2) is 6.65. The number of ketones is 1. The number of oxime groups is 1. The highest BCUT2D eigenvalue weighted by Crippen LogP contribution is 2.67. The van der Waals surface area contributed by atoms with E-state index in [9.17, 15) is 9.90 Å². The van der Waals surface area contributed by atoms with Crippen molar-refractivity contribution in [2.24, 2.45) is 33.7 Å². The van der Waals surface area contributed by atoms with Crippen LogP contribution in [0.4, 0.5) is 0 Å². The molecule has 0 aromatic heterocycles. The van der Waals surface area contributed by atoms with Crippen LogP contribution >= 0.6 is 0 Å². The predicted octanol–water partition coefficient (Wildman–Crippen LogP) is 3.61. The Balaban J connectivity index is 1.40. The molecule has 0 aromatic rings. The Bertz CT molecular complexity index is 757. The quantitative estimate of drug-likeness (QED) is 0.549. The van der Waals surface area contributed by atoms with Crippen LogP contribution < -0.4 is 5.32 Å². The molecule has 0 bridgehead atoms. The van der Waals surface area contributed by atoms with Gasteiger partial charge < -0.3 is 15.3 Å². The van der Waals surface area contributed by atoms with Gasteiger partial charge in [0.25, 0.3) is 0 Å². The molecule has 29 heavy (non-hydrogen) atoms. The summed E-state index contributed by atoms with van der Waals surface area (Å²) in [5, 5.41) is 19.7. The standard InChI is InChI=1S/C24H36N2O3/c1-15-12-18-19-4-5-21(27)22(19,2)9-7-20(18)23(3)10-6-16(13-24(15,23)28)26-29-17-8-11-25-14-17/h17-20,25,28H,1,4-14H2,2-3H3/b26-16+/t17-,18+,19+,20+,22+,23-,24+/m1/s1. The molecule has 5 aliphatic rings. The molecule has 5 rings (SSSR count). The van der Waals surface area contributed by atoms with Crippen molar-refractivity contribution in [1.82, 2.24) is 5.32 Å². The minimum atomic E-state index is -0.904. The normalized spacial score (nSPS) is 50.9. The van der Waals surface area contributed by atoms with Gasteiger partial charge in [0.1, 0.15) is 11.9 Å². The number of nitrogens with one attached hydrogen (secondary N) is 1. The largest absolute Gasteiger partial charge is 0.391 e. The van der Waals surface area contributed by atoms with Gasteiger partial charge in [0, 0.05) is 36.6 Å². The number of nitrogens with zero attached hydrogens (tertiary/aromatic N) is 1. The molecule has 7 atom stereocenters. The number of carbonyl (C=O) groups excluding carboxylic acids is 1. The molecule has 4 saturated carbocycles. The summed E-state index contributed by atoms with van der Waals surface area (Å²) in [7, 11) is 0. The third-order valence-corrected chi connectivity index (χ3v) is 9.72. The lowest BCUT2D eigenvalue weighted by atomic mass is 9.43. The maximum absolute atomic E-state index is 12.6. The van der Waals surface area contributed by atoms with Crippen molar-refractivity contribution in [3.8, 4) is 0 Å². The molecule has 1 saturated heterocycles. The Kier molecular flexibility index (Phi) is 4.53. The SMILES string of the molecule is C=C1C[C@H]2[C@@H]3CCC(=O)[C@@]3(C)CC[C@@H]2[C@@]2(C)CC/C(=N\O[C@@H]3CCNC3)C[C@]12O. The first kappa shape index (κ1) is 19.7. The lowest BCUT2D eigenvalue weighted by Gasteiger charge is -2.63. The summed E-state index contributed by atoms with van der Waals surface area (Å²) >= 11 is 0. The van der Waals surface area contributed by atoms with Crippen LogP contribution in [0.25, 0.3) is 0 Å². The van der Waals surface area contributed by atoms with Crippen LogP contribution in [-0.2, 0) is 9.63 Å². The second-order valence-corrected chi connectivity index (χ2v) is 10.9. The minimum absolute atomic E-state index is 0.141. The number of rotatable bonds is 2. The van der Waals surface area contributed by atoms with Gasteiger partial charge >= 0.3 is 0 Å². The van der Waals surface area contributed by atoms with Crippen molar-refractivity contribution >= 4 is 11.5 Å². The molecular weight excluding hydrogens is 364 g/mol. The third-order valence-electron chi connectivity index (χ3n) is 9.72. The van der Waals surface area contributed by atoms with E-state index in [1.54, 1.807) is 0 Å². The average Bonchev–Trinajstić information content (AvgIpc) is 3.31. The Morgan fingerprint density at radius 1 is 1.17 bits per heavy atom. The highest BCUT2D eigenvalue weighted by molar-refractivity contribution is 5.88. The monoisotopic (exact) mass is 400 g/mol. The summed E-state index contributed by atoms with van der Waals surface area (Å²) < 4.78 is 0. The molecule has 0 unspecified atom stereocenters. The molecule has 160 valence electrons. The molecule has 0 spiro atoms. The van der Waals surface area contributed by atoms with Crippen LogP contribution in [0.2, 0.25) is 0 Å². The van der Waals surface area contributed by atoms with E-state index >= 15 is 0 Å². The fourth-order valence-corrected chi connectivity index (χ4v) is 7.75. The zero-order chi connectivity index (χ0) is 20.4. The number of fused-ring (bicyclic) bond motifs is 5. The van der Waals surface area contributed by atoms with E-state index in [0.29, 0.717) is 30.0 Å². The Morgan fingerprint density at radius 3 is 2.76 bits per heavy atom. The van der Waals surface area contributed by atoms with Crippen LogP contribution in [-0.4, -0.2) is 41.4 Å². The van der Waals surface area contributed by atoms with Gasteiger partial charge in [-0.05, 0) is 68.4 Å². The van der Waals surface area contributed by atoms with Crippen LogP contribution in [0, 0.1) is 28.6 Å². The fraction of sp³-hybridized carbons (Fsp3) is 0.833. The molecule has 4 aliphatic carbocycles. The molecule has 0 amide bonds. The summed E-state index contributed by atoms with van der Waals surface area (Å²) in [4.78, 5) is 18.4. The van der Waals surface area contributed by atoms with E-state index in [4.69, 9.17) is 4.84 Å². The van der Waals surface area contributed by atoms with Gasteiger partial charge in [-0.15, -0.1) is 0 Å². The summed E-state index contributed by atoms with van der Waals surface area (Å²) in [6, 6.07) is 0. The van der Waals surface area contributed by atoms with Crippen molar-refractivity contribution in [2.75, 3.05) is 13.1 Å². The van der Waals surface area contributed by atoms with E-state index in [1.807, 2.05) is 0 Å². The number of aliphatic hydroxyl groups is 1. The first-order chi connectivity index (χ1) is 13.8. The maximum atomic E-state index is 12.6. The van der Waals surface area contributed by atoms with Crippen molar-refractivity contribution in [3.63, 3.8) is 0 Å². The van der Waals surface area contributed by atoms with Crippen LogP contribution in [0.15, 0.2) is 17.3 Å². The van der Waals surface area contributed by atoms with E-state index in [2.05, 4.69) is 30.9 Å². The molecule has 2 N–H and O–H groups in total. The Morgan fingerprint density at radius 2 is 2.00 bits per heavy atom. The molecular formula is C24H36N2O3. The first-order valence-corrected chi connectivity index (χ1v) is 11.6. The summed E-state index contributed by atoms with van der Waals surface area (Å²) in [6.07, 6.45) is 8.14. The van der Waals surface area contributed by atoms with Crippen molar-refractivity contribution in [3.05, 3.63) is 12.2 Å². The summed E-state index contributed by atoms with van der Waals surface area (Å²) in [6.45, 7) is 10.7. The number of hydrogen-bond acceptors (Lipinski definition) is 5. The van der Waals surface area contributed by atoms with Gasteiger partial charge in [0.2, 0.25) is 0 Å². The molecule has 1 aliphatic heterocycles. The molecule has 5 nitrogen and oxygen atoms in total. The third kappa shape index (κ3) is 2.72. The topological polar surface area (TPSA) is 70.9 Å².